The van der Waals surface area contributed by atoms with Crippen molar-refractivity contribution in [1.82, 2.24) is 15.3 Å². The average Bonchev–Trinajstić information content (AvgIpc) is 2.81. The van der Waals surface area contributed by atoms with E-state index in [0.29, 0.717) is 13.0 Å². The molecule has 1 aliphatic carbocycles. The van der Waals surface area contributed by atoms with E-state index in [2.05, 4.69) is 27.1 Å². The van der Waals surface area contributed by atoms with Gasteiger partial charge in [-0.25, -0.2) is 9.97 Å². The summed E-state index contributed by atoms with van der Waals surface area (Å²) in [6.07, 6.45) is 7.04. The maximum atomic E-state index is 11.7. The molecule has 1 fully saturated rings. The summed E-state index contributed by atoms with van der Waals surface area (Å²) in [5, 5.41) is 4.20. The fourth-order valence-corrected chi connectivity index (χ4v) is 4.82. The molecule has 6 heteroatoms. The van der Waals surface area contributed by atoms with Gasteiger partial charge in [-0.3, -0.25) is 4.79 Å². The van der Waals surface area contributed by atoms with Crippen molar-refractivity contribution in [3.05, 3.63) is 16.8 Å². The lowest BCUT2D eigenvalue weighted by atomic mass is 9.96. The molecule has 1 amide bonds. The first-order chi connectivity index (χ1) is 10.7. The minimum Gasteiger partial charge on any atom is -0.354 e. The van der Waals surface area contributed by atoms with Gasteiger partial charge in [-0.1, -0.05) is 0 Å². The van der Waals surface area contributed by atoms with E-state index in [9.17, 15) is 4.79 Å². The van der Waals surface area contributed by atoms with Gasteiger partial charge in [0.2, 0.25) is 5.91 Å². The van der Waals surface area contributed by atoms with E-state index in [1.54, 1.807) is 6.33 Å². The standard InChI is InChI=1S/C16H20N4OS/c1-10-8-13(21)17-6-7-20(10)15-14-11-4-2-3-5-12(11)22-16(14)19-9-18-15/h9-10H,2-8H2,1H3,(H,17,21)/t10-/m1/s1. The number of carbonyl (C=O) groups excluding carboxylic acids is 1. The van der Waals surface area contributed by atoms with Crippen LogP contribution in [0.15, 0.2) is 6.33 Å². The molecule has 1 saturated heterocycles. The van der Waals surface area contributed by atoms with Crippen LogP contribution in [0.5, 0.6) is 0 Å². The zero-order valence-corrected chi connectivity index (χ0v) is 13.6. The first kappa shape index (κ1) is 13.9. The van der Waals surface area contributed by atoms with E-state index in [-0.39, 0.29) is 11.9 Å². The molecule has 4 rings (SSSR count). The van der Waals surface area contributed by atoms with Gasteiger partial charge in [0.05, 0.1) is 5.39 Å². The zero-order valence-electron chi connectivity index (χ0n) is 12.8. The molecule has 0 unspecified atom stereocenters. The molecule has 2 aromatic heterocycles. The molecule has 0 spiro atoms. The largest absolute Gasteiger partial charge is 0.354 e. The van der Waals surface area contributed by atoms with Crippen molar-refractivity contribution in [2.24, 2.45) is 0 Å². The molecule has 0 aromatic carbocycles. The molecule has 1 N–H and O–H groups in total. The second-order valence-corrected chi connectivity index (χ2v) is 7.27. The van der Waals surface area contributed by atoms with Crippen LogP contribution in [0.25, 0.3) is 10.2 Å². The summed E-state index contributed by atoms with van der Waals surface area (Å²) in [4.78, 5) is 25.7. The summed E-state index contributed by atoms with van der Waals surface area (Å²) in [7, 11) is 0. The number of hydrogen-bond acceptors (Lipinski definition) is 5. The van der Waals surface area contributed by atoms with Gasteiger partial charge in [0.1, 0.15) is 17.0 Å². The topological polar surface area (TPSA) is 58.1 Å². The number of aryl methyl sites for hydroxylation is 2. The minimum atomic E-state index is 0.132. The third-order valence-electron chi connectivity index (χ3n) is 4.69. The lowest BCUT2D eigenvalue weighted by Crippen LogP contribution is -2.35. The summed E-state index contributed by atoms with van der Waals surface area (Å²) >= 11 is 1.82. The molecular formula is C16H20N4OS. The van der Waals surface area contributed by atoms with Gasteiger partial charge >= 0.3 is 0 Å². The Morgan fingerprint density at radius 1 is 1.32 bits per heavy atom. The van der Waals surface area contributed by atoms with Crippen LogP contribution in [0.2, 0.25) is 0 Å². The summed E-state index contributed by atoms with van der Waals surface area (Å²) in [6, 6.07) is 0.166. The van der Waals surface area contributed by atoms with E-state index in [1.165, 1.54) is 35.1 Å². The average molecular weight is 316 g/mol. The van der Waals surface area contributed by atoms with Crippen molar-refractivity contribution in [3.8, 4) is 0 Å². The van der Waals surface area contributed by atoms with E-state index in [0.717, 1.165) is 23.6 Å². The van der Waals surface area contributed by atoms with Crippen LogP contribution in [0.1, 0.15) is 36.6 Å². The smallest absolute Gasteiger partial charge is 0.222 e. The van der Waals surface area contributed by atoms with Crippen LogP contribution in [-0.4, -0.2) is 35.0 Å². The molecule has 116 valence electrons. The van der Waals surface area contributed by atoms with Crippen molar-refractivity contribution in [1.29, 1.82) is 0 Å². The number of thiophene rings is 1. The Kier molecular flexibility index (Phi) is 3.48. The van der Waals surface area contributed by atoms with Gasteiger partial charge in [-0.2, -0.15) is 0 Å². The maximum absolute atomic E-state index is 11.7. The molecule has 2 aromatic rings. The molecule has 1 aliphatic heterocycles. The molecule has 0 bridgehead atoms. The van der Waals surface area contributed by atoms with Crippen LogP contribution in [0.3, 0.4) is 0 Å². The van der Waals surface area contributed by atoms with Gasteiger partial charge in [0, 0.05) is 30.4 Å². The number of aromatic nitrogens is 2. The van der Waals surface area contributed by atoms with E-state index < -0.39 is 0 Å². The molecule has 0 saturated carbocycles. The predicted molar refractivity (Wildman–Crippen MR) is 88.5 cm³/mol. The molecule has 3 heterocycles. The highest BCUT2D eigenvalue weighted by Gasteiger charge is 2.27. The predicted octanol–water partition coefficient (Wildman–Crippen LogP) is 2.28. The van der Waals surface area contributed by atoms with Crippen LogP contribution in [0, 0.1) is 0 Å². The first-order valence-electron chi connectivity index (χ1n) is 8.02. The Morgan fingerprint density at radius 3 is 3.09 bits per heavy atom. The number of amides is 1. The summed E-state index contributed by atoms with van der Waals surface area (Å²) in [5.41, 5.74) is 1.46. The number of rotatable bonds is 1. The SMILES string of the molecule is C[C@@H]1CC(=O)NCCN1c1ncnc2sc3c(c12)CCCC3. The Morgan fingerprint density at radius 2 is 2.18 bits per heavy atom. The minimum absolute atomic E-state index is 0.132. The third kappa shape index (κ3) is 2.26. The van der Waals surface area contributed by atoms with Crippen molar-refractivity contribution in [2.75, 3.05) is 18.0 Å². The molecule has 2 aliphatic rings. The number of carbonyl (C=O) groups is 1. The summed E-state index contributed by atoms with van der Waals surface area (Å²) < 4.78 is 0. The quantitative estimate of drug-likeness (QED) is 0.877. The van der Waals surface area contributed by atoms with Crippen LogP contribution >= 0.6 is 11.3 Å². The summed E-state index contributed by atoms with van der Waals surface area (Å²) in [6.45, 7) is 3.60. The third-order valence-corrected chi connectivity index (χ3v) is 5.89. The van der Waals surface area contributed by atoms with Gasteiger partial charge in [0.25, 0.3) is 0 Å². The lowest BCUT2D eigenvalue weighted by Gasteiger charge is -2.28. The zero-order chi connectivity index (χ0) is 15.1. The number of hydrogen-bond donors (Lipinski definition) is 1. The number of nitrogens with zero attached hydrogens (tertiary/aromatic N) is 3. The van der Waals surface area contributed by atoms with Crippen LogP contribution in [0.4, 0.5) is 5.82 Å². The number of nitrogens with one attached hydrogen (secondary N) is 1. The second-order valence-electron chi connectivity index (χ2n) is 6.18. The molecule has 22 heavy (non-hydrogen) atoms. The Balaban J connectivity index is 1.84. The monoisotopic (exact) mass is 316 g/mol. The highest BCUT2D eigenvalue weighted by molar-refractivity contribution is 7.19. The lowest BCUT2D eigenvalue weighted by molar-refractivity contribution is -0.120. The first-order valence-corrected chi connectivity index (χ1v) is 8.84. The Hall–Kier alpha value is -1.69. The number of anilines is 1. The molecule has 5 nitrogen and oxygen atoms in total. The van der Waals surface area contributed by atoms with E-state index in [1.807, 2.05) is 11.3 Å². The fraction of sp³-hybridized carbons (Fsp3) is 0.562. The Bertz CT molecular complexity index is 726. The maximum Gasteiger partial charge on any atom is 0.222 e. The van der Waals surface area contributed by atoms with Crippen molar-refractivity contribution >= 4 is 33.3 Å². The fourth-order valence-electron chi connectivity index (χ4n) is 3.59. The Labute approximate surface area is 133 Å². The van der Waals surface area contributed by atoms with Gasteiger partial charge in [0.15, 0.2) is 0 Å². The molecule has 1 atom stereocenters. The number of fused-ring (bicyclic) bond motifs is 3. The highest BCUT2D eigenvalue weighted by atomic mass is 32.1. The van der Waals surface area contributed by atoms with Crippen molar-refractivity contribution in [3.63, 3.8) is 0 Å². The van der Waals surface area contributed by atoms with Gasteiger partial charge in [-0.05, 0) is 38.2 Å². The van der Waals surface area contributed by atoms with E-state index >= 15 is 0 Å². The normalized spacial score (nSPS) is 22.3. The second kappa shape index (κ2) is 5.50. The van der Waals surface area contributed by atoms with Gasteiger partial charge in [-0.15, -0.1) is 11.3 Å². The van der Waals surface area contributed by atoms with Crippen molar-refractivity contribution < 1.29 is 4.79 Å². The van der Waals surface area contributed by atoms with Crippen molar-refractivity contribution in [2.45, 2.75) is 45.1 Å². The molecule has 0 radical (unpaired) electrons. The highest BCUT2D eigenvalue weighted by Crippen LogP contribution is 2.39. The molecular weight excluding hydrogens is 296 g/mol. The van der Waals surface area contributed by atoms with Crippen LogP contribution < -0.4 is 10.2 Å². The van der Waals surface area contributed by atoms with Crippen LogP contribution in [-0.2, 0) is 17.6 Å². The summed E-state index contributed by atoms with van der Waals surface area (Å²) in [5.74, 6) is 1.15. The van der Waals surface area contributed by atoms with E-state index in [4.69, 9.17) is 0 Å². The van der Waals surface area contributed by atoms with Gasteiger partial charge < -0.3 is 10.2 Å².